The van der Waals surface area contributed by atoms with Gasteiger partial charge in [0.15, 0.2) is 5.11 Å². The van der Waals surface area contributed by atoms with Gasteiger partial charge in [-0.15, -0.1) is 0 Å². The molecule has 9 heteroatoms. The molecule has 5 N–H and O–H groups in total. The molecule has 0 radical (unpaired) electrons. The lowest BCUT2D eigenvalue weighted by Crippen LogP contribution is -2.46. The Balaban J connectivity index is 1.40. The minimum atomic E-state index is -0.587. The molecule has 0 atom stereocenters. The number of rotatable bonds is 5. The number of carbonyl (C=O) groups excluding carboxylic acids is 1. The van der Waals surface area contributed by atoms with Crippen molar-refractivity contribution in [2.45, 2.75) is 6.54 Å². The molecule has 0 aliphatic heterocycles. The molecule has 1 amide bonds. The van der Waals surface area contributed by atoms with Crippen LogP contribution in [-0.4, -0.2) is 16.0 Å². The van der Waals surface area contributed by atoms with Gasteiger partial charge in [-0.3, -0.25) is 15.6 Å². The molecule has 0 bridgehead atoms. The Hall–Kier alpha value is -4.63. The minimum Gasteiger partial charge on any atom is -0.464 e. The standard InChI is InChI=1S/C26H21N5O3S/c27-22-21-18(20-12-7-13-33-20)14-19(17-10-5-2-6-11-17)29-25(21)34-23(22)24(32)30-31-26(35)28-15-16-8-3-1-4-9-16/h1-14H,15,27H2,(H,30,32)(H2,28,31,35). The van der Waals surface area contributed by atoms with Crippen molar-refractivity contribution in [3.63, 3.8) is 0 Å². The molecule has 174 valence electrons. The first-order valence-electron chi connectivity index (χ1n) is 10.8. The van der Waals surface area contributed by atoms with Gasteiger partial charge in [0.1, 0.15) is 5.76 Å². The summed E-state index contributed by atoms with van der Waals surface area (Å²) in [7, 11) is 0. The topological polar surface area (TPSA) is 118 Å². The molecule has 0 aliphatic rings. The molecule has 0 unspecified atom stereocenters. The lowest BCUT2D eigenvalue weighted by Gasteiger charge is -2.11. The van der Waals surface area contributed by atoms with Gasteiger partial charge in [-0.05, 0) is 36.0 Å². The van der Waals surface area contributed by atoms with Crippen molar-refractivity contribution in [3.05, 3.63) is 96.4 Å². The summed E-state index contributed by atoms with van der Waals surface area (Å²) in [4.78, 5) is 17.5. The number of nitrogen functional groups attached to an aromatic ring is 1. The summed E-state index contributed by atoms with van der Waals surface area (Å²) >= 11 is 5.24. The normalized spacial score (nSPS) is 10.7. The Bertz CT molecular complexity index is 1480. The third-order valence-electron chi connectivity index (χ3n) is 5.35. The molecule has 3 aromatic heterocycles. The average Bonchev–Trinajstić information content (AvgIpc) is 3.55. The van der Waals surface area contributed by atoms with Gasteiger partial charge >= 0.3 is 5.91 Å². The second kappa shape index (κ2) is 9.70. The zero-order valence-electron chi connectivity index (χ0n) is 18.4. The SMILES string of the molecule is Nc1c(C(=O)NNC(=S)NCc2ccccc2)oc2nc(-c3ccccc3)cc(-c3ccco3)c12. The predicted octanol–water partition coefficient (Wildman–Crippen LogP) is 4.65. The number of hydrogen-bond donors (Lipinski definition) is 4. The maximum atomic E-state index is 12.9. The molecule has 8 nitrogen and oxygen atoms in total. The van der Waals surface area contributed by atoms with Gasteiger partial charge in [-0.1, -0.05) is 60.7 Å². The van der Waals surface area contributed by atoms with E-state index in [9.17, 15) is 4.79 Å². The molecule has 5 aromatic rings. The van der Waals surface area contributed by atoms with E-state index >= 15 is 0 Å². The van der Waals surface area contributed by atoms with Crippen LogP contribution in [0.4, 0.5) is 5.69 Å². The highest BCUT2D eigenvalue weighted by atomic mass is 32.1. The maximum absolute atomic E-state index is 12.9. The van der Waals surface area contributed by atoms with Crippen LogP contribution in [0.5, 0.6) is 0 Å². The number of fused-ring (bicyclic) bond motifs is 1. The van der Waals surface area contributed by atoms with Gasteiger partial charge in [0.2, 0.25) is 11.5 Å². The predicted molar refractivity (Wildman–Crippen MR) is 138 cm³/mol. The minimum absolute atomic E-state index is 0.0797. The Kier molecular flexibility index (Phi) is 6.15. The largest absolute Gasteiger partial charge is 0.464 e. The van der Waals surface area contributed by atoms with Crippen molar-refractivity contribution in [2.75, 3.05) is 5.73 Å². The Labute approximate surface area is 206 Å². The first-order chi connectivity index (χ1) is 17.1. The van der Waals surface area contributed by atoms with E-state index in [4.69, 9.17) is 26.8 Å². The quantitative estimate of drug-likeness (QED) is 0.211. The summed E-state index contributed by atoms with van der Waals surface area (Å²) in [5.74, 6) is -0.0849. The van der Waals surface area contributed by atoms with Crippen LogP contribution in [0.2, 0.25) is 0 Å². The van der Waals surface area contributed by atoms with Gasteiger partial charge in [0, 0.05) is 17.7 Å². The maximum Gasteiger partial charge on any atom is 0.307 e. The van der Waals surface area contributed by atoms with E-state index < -0.39 is 5.91 Å². The number of nitrogens with zero attached hydrogens (tertiary/aromatic N) is 1. The highest BCUT2D eigenvalue weighted by Crippen LogP contribution is 2.38. The van der Waals surface area contributed by atoms with Crippen LogP contribution in [0.15, 0.2) is 94.0 Å². The number of thiocarbonyl (C=S) groups is 1. The number of anilines is 1. The third-order valence-corrected chi connectivity index (χ3v) is 5.59. The molecular formula is C26H21N5O3S. The van der Waals surface area contributed by atoms with E-state index in [0.29, 0.717) is 28.9 Å². The second-order valence-electron chi connectivity index (χ2n) is 7.67. The molecule has 0 fully saturated rings. The molecule has 0 spiro atoms. The number of hydrazine groups is 1. The van der Waals surface area contributed by atoms with Gasteiger partial charge < -0.3 is 19.9 Å². The van der Waals surface area contributed by atoms with Crippen molar-refractivity contribution >= 4 is 40.0 Å². The van der Waals surface area contributed by atoms with Crippen LogP contribution < -0.4 is 21.9 Å². The summed E-state index contributed by atoms with van der Waals surface area (Å²) in [5.41, 5.74) is 15.2. The fourth-order valence-electron chi connectivity index (χ4n) is 3.67. The number of aromatic nitrogens is 1. The molecule has 0 aliphatic carbocycles. The first kappa shape index (κ1) is 22.2. The van der Waals surface area contributed by atoms with Crippen molar-refractivity contribution < 1.29 is 13.6 Å². The van der Waals surface area contributed by atoms with Crippen molar-refractivity contribution in [1.82, 2.24) is 21.2 Å². The van der Waals surface area contributed by atoms with E-state index in [-0.39, 0.29) is 22.3 Å². The number of pyridine rings is 1. The molecule has 0 saturated carbocycles. The number of amides is 1. The lowest BCUT2D eigenvalue weighted by atomic mass is 10.0. The molecule has 2 aromatic carbocycles. The first-order valence-corrected chi connectivity index (χ1v) is 11.2. The van der Waals surface area contributed by atoms with E-state index in [1.54, 1.807) is 12.3 Å². The number of nitrogens with two attached hydrogens (primary N) is 1. The molecule has 3 heterocycles. The van der Waals surface area contributed by atoms with Gasteiger partial charge in [-0.2, -0.15) is 0 Å². The number of benzene rings is 2. The van der Waals surface area contributed by atoms with Gasteiger partial charge in [-0.25, -0.2) is 4.98 Å². The summed E-state index contributed by atoms with van der Waals surface area (Å²) in [6.45, 7) is 0.508. The Morgan fingerprint density at radius 2 is 1.71 bits per heavy atom. The highest BCUT2D eigenvalue weighted by molar-refractivity contribution is 7.80. The van der Waals surface area contributed by atoms with Crippen LogP contribution in [0.25, 0.3) is 33.7 Å². The van der Waals surface area contributed by atoms with Crippen molar-refractivity contribution in [1.29, 1.82) is 0 Å². The smallest absolute Gasteiger partial charge is 0.307 e. The summed E-state index contributed by atoms with van der Waals surface area (Å²) in [5, 5.41) is 3.76. The van der Waals surface area contributed by atoms with Crippen molar-refractivity contribution in [2.24, 2.45) is 0 Å². The molecule has 0 saturated heterocycles. The fourth-order valence-corrected chi connectivity index (χ4v) is 3.79. The summed E-state index contributed by atoms with van der Waals surface area (Å²) < 4.78 is 11.5. The zero-order valence-corrected chi connectivity index (χ0v) is 19.3. The van der Waals surface area contributed by atoms with Crippen LogP contribution in [0, 0.1) is 0 Å². The molecular weight excluding hydrogens is 462 g/mol. The highest BCUT2D eigenvalue weighted by Gasteiger charge is 2.24. The fraction of sp³-hybridized carbons (Fsp3) is 0.0385. The van der Waals surface area contributed by atoms with Crippen LogP contribution >= 0.6 is 12.2 Å². The van der Waals surface area contributed by atoms with Gasteiger partial charge in [0.25, 0.3) is 0 Å². The Morgan fingerprint density at radius 1 is 0.971 bits per heavy atom. The van der Waals surface area contributed by atoms with E-state index in [0.717, 1.165) is 11.1 Å². The van der Waals surface area contributed by atoms with Gasteiger partial charge in [0.05, 0.1) is 23.0 Å². The molecule has 5 rings (SSSR count). The van der Waals surface area contributed by atoms with Crippen LogP contribution in [-0.2, 0) is 6.54 Å². The average molecular weight is 484 g/mol. The Morgan fingerprint density at radius 3 is 2.43 bits per heavy atom. The summed E-state index contributed by atoms with van der Waals surface area (Å²) in [6.07, 6.45) is 1.57. The van der Waals surface area contributed by atoms with E-state index in [1.807, 2.05) is 72.8 Å². The zero-order chi connectivity index (χ0) is 24.2. The van der Waals surface area contributed by atoms with E-state index in [1.165, 1.54) is 0 Å². The second-order valence-corrected chi connectivity index (χ2v) is 8.08. The number of carbonyl (C=O) groups is 1. The van der Waals surface area contributed by atoms with Crippen LogP contribution in [0.1, 0.15) is 16.1 Å². The number of nitrogens with one attached hydrogen (secondary N) is 3. The third kappa shape index (κ3) is 4.71. The van der Waals surface area contributed by atoms with E-state index in [2.05, 4.69) is 21.2 Å². The van der Waals surface area contributed by atoms with Crippen LogP contribution in [0.3, 0.4) is 0 Å². The van der Waals surface area contributed by atoms with Crippen molar-refractivity contribution in [3.8, 4) is 22.6 Å². The molecule has 35 heavy (non-hydrogen) atoms. The monoisotopic (exact) mass is 483 g/mol. The number of furan rings is 2. The lowest BCUT2D eigenvalue weighted by molar-refractivity contribution is 0.0919. The summed E-state index contributed by atoms with van der Waals surface area (Å²) in [6, 6.07) is 24.9. The number of hydrogen-bond acceptors (Lipinski definition) is 6.